The van der Waals surface area contributed by atoms with Gasteiger partial charge in [0, 0.05) is 29.4 Å². The van der Waals surface area contributed by atoms with Crippen LogP contribution in [0.15, 0.2) is 75.2 Å². The topological polar surface area (TPSA) is 56.0 Å². The van der Waals surface area contributed by atoms with Gasteiger partial charge in [-0.2, -0.15) is 0 Å². The summed E-state index contributed by atoms with van der Waals surface area (Å²) in [5.41, 5.74) is 3.52. The number of carbonyl (C=O) groups excluding carboxylic acids is 1. The molecule has 4 rings (SSSR count). The predicted octanol–water partition coefficient (Wildman–Crippen LogP) is 5.24. The monoisotopic (exact) mass is 437 g/mol. The molecule has 0 spiro atoms. The second kappa shape index (κ2) is 8.05. The van der Waals surface area contributed by atoms with Crippen molar-refractivity contribution in [2.75, 3.05) is 5.32 Å². The van der Waals surface area contributed by atoms with Crippen molar-refractivity contribution in [3.63, 3.8) is 0 Å². The summed E-state index contributed by atoms with van der Waals surface area (Å²) < 4.78 is 3.17. The van der Waals surface area contributed by atoms with E-state index in [0.29, 0.717) is 16.3 Å². The first-order chi connectivity index (χ1) is 14.4. The third kappa shape index (κ3) is 3.64. The third-order valence-electron chi connectivity index (χ3n) is 5.07. The summed E-state index contributed by atoms with van der Waals surface area (Å²) in [4.78, 5) is 27.1. The number of nitrogens with zero attached hydrogens (tertiary/aromatic N) is 2. The minimum atomic E-state index is -0.200. The van der Waals surface area contributed by atoms with Crippen LogP contribution in [0.25, 0.3) is 11.0 Å². The number of amides is 1. The van der Waals surface area contributed by atoms with E-state index in [-0.39, 0.29) is 11.6 Å². The van der Waals surface area contributed by atoms with E-state index in [1.165, 1.54) is 11.8 Å². The molecule has 0 radical (unpaired) electrons. The molecule has 1 aromatic heterocycles. The lowest BCUT2D eigenvalue weighted by Gasteiger charge is -2.14. The van der Waals surface area contributed by atoms with Crippen molar-refractivity contribution < 1.29 is 4.79 Å². The van der Waals surface area contributed by atoms with Gasteiger partial charge in [0.1, 0.15) is 0 Å². The Labute approximate surface area is 183 Å². The van der Waals surface area contributed by atoms with Crippen molar-refractivity contribution in [2.45, 2.75) is 16.7 Å². The summed E-state index contributed by atoms with van der Waals surface area (Å²) in [5, 5.41) is 3.65. The van der Waals surface area contributed by atoms with Crippen molar-refractivity contribution in [1.29, 1.82) is 0 Å². The maximum Gasteiger partial charge on any atom is 0.328 e. The van der Waals surface area contributed by atoms with Crippen LogP contribution in [0.2, 0.25) is 5.02 Å². The normalized spacial score (nSPS) is 11.1. The first-order valence-corrected chi connectivity index (χ1v) is 10.5. The number of fused-ring (bicyclic) bond motifs is 1. The second-order valence-electron chi connectivity index (χ2n) is 7.04. The number of imidazole rings is 1. The Kier molecular flexibility index (Phi) is 5.45. The molecule has 5 nitrogen and oxygen atoms in total. The lowest BCUT2D eigenvalue weighted by molar-refractivity contribution is 0.102. The molecule has 0 bridgehead atoms. The van der Waals surface area contributed by atoms with Crippen molar-refractivity contribution in [1.82, 2.24) is 9.13 Å². The van der Waals surface area contributed by atoms with Crippen LogP contribution in [0.4, 0.5) is 5.69 Å². The number of hydrogen-bond donors (Lipinski definition) is 1. The SMILES string of the molecule is Cc1ccccc1C(=O)Nc1cc2c(cc1Sc1ccccc1Cl)n(C)c(=O)n2C. The van der Waals surface area contributed by atoms with Crippen molar-refractivity contribution in [3.05, 3.63) is 87.3 Å². The zero-order valence-electron chi connectivity index (χ0n) is 16.8. The first-order valence-electron chi connectivity index (χ1n) is 9.35. The number of aromatic nitrogens is 2. The molecule has 0 saturated heterocycles. The van der Waals surface area contributed by atoms with Crippen LogP contribution in [0.1, 0.15) is 15.9 Å². The van der Waals surface area contributed by atoms with E-state index in [2.05, 4.69) is 5.32 Å². The average Bonchev–Trinajstić information content (AvgIpc) is 2.94. The van der Waals surface area contributed by atoms with Crippen molar-refractivity contribution in [3.8, 4) is 0 Å². The molecule has 1 heterocycles. The van der Waals surface area contributed by atoms with E-state index >= 15 is 0 Å². The number of aryl methyl sites for hydroxylation is 3. The summed E-state index contributed by atoms with van der Waals surface area (Å²) in [6.45, 7) is 1.90. The predicted molar refractivity (Wildman–Crippen MR) is 123 cm³/mol. The highest BCUT2D eigenvalue weighted by molar-refractivity contribution is 7.99. The largest absolute Gasteiger partial charge is 0.328 e. The van der Waals surface area contributed by atoms with Gasteiger partial charge < -0.3 is 5.32 Å². The smallest absolute Gasteiger partial charge is 0.321 e. The molecular formula is C23H20ClN3O2S. The highest BCUT2D eigenvalue weighted by atomic mass is 35.5. The maximum atomic E-state index is 13.0. The summed E-state index contributed by atoms with van der Waals surface area (Å²) in [5.74, 6) is -0.200. The fourth-order valence-corrected chi connectivity index (χ4v) is 4.56. The van der Waals surface area contributed by atoms with Crippen LogP contribution in [-0.4, -0.2) is 15.0 Å². The molecule has 0 aliphatic heterocycles. The van der Waals surface area contributed by atoms with Gasteiger partial charge in [-0.05, 0) is 42.8 Å². The fourth-order valence-electron chi connectivity index (χ4n) is 3.37. The van der Waals surface area contributed by atoms with Gasteiger partial charge in [0.2, 0.25) is 0 Å². The third-order valence-corrected chi connectivity index (χ3v) is 6.64. The van der Waals surface area contributed by atoms with E-state index in [1.54, 1.807) is 29.3 Å². The van der Waals surface area contributed by atoms with Gasteiger partial charge >= 0.3 is 5.69 Å². The van der Waals surface area contributed by atoms with Gasteiger partial charge in [-0.1, -0.05) is 53.7 Å². The van der Waals surface area contributed by atoms with Crippen molar-refractivity contribution >= 4 is 46.0 Å². The fraction of sp³-hybridized carbons (Fsp3) is 0.130. The Hall–Kier alpha value is -2.96. The molecule has 4 aromatic rings. The summed E-state index contributed by atoms with van der Waals surface area (Å²) in [7, 11) is 3.46. The molecule has 1 amide bonds. The zero-order chi connectivity index (χ0) is 21.4. The molecule has 0 unspecified atom stereocenters. The maximum absolute atomic E-state index is 13.0. The Morgan fingerprint density at radius 2 is 1.57 bits per heavy atom. The molecule has 0 atom stereocenters. The number of rotatable bonds is 4. The standard InChI is InChI=1S/C23H20ClN3O2S/c1-14-8-4-5-9-15(14)22(28)25-17-12-18-19(27(3)23(29)26(18)2)13-21(17)30-20-11-7-6-10-16(20)24/h4-13H,1-3H3,(H,25,28). The van der Waals surface area contributed by atoms with Crippen LogP contribution in [0, 0.1) is 6.92 Å². The summed E-state index contributed by atoms with van der Waals surface area (Å²) >= 11 is 7.81. The number of benzene rings is 3. The Morgan fingerprint density at radius 1 is 0.933 bits per heavy atom. The lowest BCUT2D eigenvalue weighted by atomic mass is 10.1. The quantitative estimate of drug-likeness (QED) is 0.475. The van der Waals surface area contributed by atoms with E-state index < -0.39 is 0 Å². The lowest BCUT2D eigenvalue weighted by Crippen LogP contribution is -2.19. The van der Waals surface area contributed by atoms with E-state index in [9.17, 15) is 9.59 Å². The van der Waals surface area contributed by atoms with E-state index in [4.69, 9.17) is 11.6 Å². The van der Waals surface area contributed by atoms with Crippen LogP contribution >= 0.6 is 23.4 Å². The molecule has 0 aliphatic carbocycles. The van der Waals surface area contributed by atoms with Crippen LogP contribution < -0.4 is 11.0 Å². The Morgan fingerprint density at radius 3 is 2.27 bits per heavy atom. The molecule has 0 fully saturated rings. The second-order valence-corrected chi connectivity index (χ2v) is 8.53. The Balaban J connectivity index is 1.84. The number of halogens is 1. The van der Waals surface area contributed by atoms with E-state index in [1.807, 2.05) is 61.5 Å². The molecule has 7 heteroatoms. The van der Waals surface area contributed by atoms with Gasteiger partial charge in [-0.3, -0.25) is 13.9 Å². The highest BCUT2D eigenvalue weighted by Crippen LogP contribution is 2.39. The van der Waals surface area contributed by atoms with Gasteiger partial charge in [0.05, 0.1) is 21.7 Å². The first kappa shape index (κ1) is 20.3. The number of hydrogen-bond acceptors (Lipinski definition) is 3. The molecular weight excluding hydrogens is 418 g/mol. The summed E-state index contributed by atoms with van der Waals surface area (Å²) in [6, 6.07) is 18.7. The van der Waals surface area contributed by atoms with Crippen molar-refractivity contribution in [2.24, 2.45) is 14.1 Å². The van der Waals surface area contributed by atoms with Crippen LogP contribution in [0.3, 0.4) is 0 Å². The summed E-state index contributed by atoms with van der Waals surface area (Å²) in [6.07, 6.45) is 0. The zero-order valence-corrected chi connectivity index (χ0v) is 18.3. The van der Waals surface area contributed by atoms with Gasteiger partial charge in [-0.25, -0.2) is 4.79 Å². The van der Waals surface area contributed by atoms with Gasteiger partial charge in [0.25, 0.3) is 5.91 Å². The van der Waals surface area contributed by atoms with Crippen LogP contribution in [0.5, 0.6) is 0 Å². The molecule has 152 valence electrons. The average molecular weight is 438 g/mol. The molecule has 1 N–H and O–H groups in total. The van der Waals surface area contributed by atoms with Gasteiger partial charge in [0.15, 0.2) is 0 Å². The molecule has 3 aromatic carbocycles. The minimum absolute atomic E-state index is 0.124. The van der Waals surface area contributed by atoms with Crippen LogP contribution in [-0.2, 0) is 14.1 Å². The number of carbonyl (C=O) groups is 1. The highest BCUT2D eigenvalue weighted by Gasteiger charge is 2.17. The molecule has 0 saturated carbocycles. The molecule has 30 heavy (non-hydrogen) atoms. The number of anilines is 1. The van der Waals surface area contributed by atoms with Gasteiger partial charge in [-0.15, -0.1) is 0 Å². The minimum Gasteiger partial charge on any atom is -0.321 e. The number of nitrogens with one attached hydrogen (secondary N) is 1. The van der Waals surface area contributed by atoms with E-state index in [0.717, 1.165) is 26.4 Å². The molecule has 0 aliphatic rings. The Bertz CT molecular complexity index is 1340.